The Bertz CT molecular complexity index is 956. The molecule has 6 nitrogen and oxygen atoms in total. The van der Waals surface area contributed by atoms with E-state index in [4.69, 9.17) is 9.47 Å². The van der Waals surface area contributed by atoms with E-state index >= 15 is 0 Å². The monoisotopic (exact) mass is 568 g/mol. The minimum absolute atomic E-state index is 0.0100. The molecule has 0 spiro atoms. The second kappa shape index (κ2) is 11.7. The molecule has 2 rings (SSSR count). The van der Waals surface area contributed by atoms with E-state index in [-0.39, 0.29) is 12.0 Å². The van der Waals surface area contributed by atoms with Crippen molar-refractivity contribution in [3.8, 4) is 11.5 Å². The summed E-state index contributed by atoms with van der Waals surface area (Å²) in [6.07, 6.45) is 0.945. The normalized spacial score (nSPS) is 11.2. The summed E-state index contributed by atoms with van der Waals surface area (Å²) >= 11 is 6.90. The molecule has 2 amide bonds. The van der Waals surface area contributed by atoms with Crippen LogP contribution in [0.3, 0.4) is 0 Å². The van der Waals surface area contributed by atoms with Gasteiger partial charge >= 0.3 is 0 Å². The average molecular weight is 570 g/mol. The van der Waals surface area contributed by atoms with Crippen LogP contribution in [-0.4, -0.2) is 25.0 Å². The Morgan fingerprint density at radius 1 is 0.938 bits per heavy atom. The molecule has 0 atom stereocenters. The number of amides is 2. The van der Waals surface area contributed by atoms with Crippen molar-refractivity contribution in [2.75, 3.05) is 13.2 Å². The SMILES string of the molecule is CC(C)CCOc1ccc(C(=O)NNC(=O)COc2ccc(C(C)(C)C)cc2Br)cc1Br. The molecule has 0 heterocycles. The fourth-order valence-electron chi connectivity index (χ4n) is 2.63. The predicted molar refractivity (Wildman–Crippen MR) is 133 cm³/mol. The van der Waals surface area contributed by atoms with E-state index < -0.39 is 11.8 Å². The first-order chi connectivity index (χ1) is 15.0. The van der Waals surface area contributed by atoms with Gasteiger partial charge in [0.15, 0.2) is 6.61 Å². The summed E-state index contributed by atoms with van der Waals surface area (Å²) in [4.78, 5) is 24.4. The molecular formula is C24H30Br2N2O4. The fourth-order valence-corrected chi connectivity index (χ4v) is 3.61. The van der Waals surface area contributed by atoms with Gasteiger partial charge < -0.3 is 9.47 Å². The third-order valence-electron chi connectivity index (χ3n) is 4.62. The second-order valence-electron chi connectivity index (χ2n) is 8.86. The van der Waals surface area contributed by atoms with Crippen molar-refractivity contribution in [1.82, 2.24) is 10.9 Å². The number of ether oxygens (including phenoxy) is 2. The number of benzene rings is 2. The summed E-state index contributed by atoms with van der Waals surface area (Å²) in [5.41, 5.74) is 6.30. The van der Waals surface area contributed by atoms with E-state index in [1.807, 2.05) is 18.2 Å². The smallest absolute Gasteiger partial charge is 0.276 e. The van der Waals surface area contributed by atoms with E-state index in [1.54, 1.807) is 18.2 Å². The number of hydrogen-bond acceptors (Lipinski definition) is 4. The van der Waals surface area contributed by atoms with Gasteiger partial charge in [-0.05, 0) is 85.5 Å². The molecule has 0 radical (unpaired) electrons. The Morgan fingerprint density at radius 2 is 1.56 bits per heavy atom. The Labute approximate surface area is 206 Å². The van der Waals surface area contributed by atoms with Gasteiger partial charge in [0, 0.05) is 5.56 Å². The number of halogens is 2. The molecule has 2 N–H and O–H groups in total. The molecule has 2 aromatic carbocycles. The molecule has 0 saturated carbocycles. The van der Waals surface area contributed by atoms with Crippen molar-refractivity contribution in [2.45, 2.75) is 46.5 Å². The fraction of sp³-hybridized carbons (Fsp3) is 0.417. The van der Waals surface area contributed by atoms with Gasteiger partial charge in [-0.3, -0.25) is 20.4 Å². The van der Waals surface area contributed by atoms with Crippen LogP contribution in [0.25, 0.3) is 0 Å². The van der Waals surface area contributed by atoms with Crippen LogP contribution < -0.4 is 20.3 Å². The lowest BCUT2D eigenvalue weighted by atomic mass is 9.87. The van der Waals surface area contributed by atoms with E-state index in [2.05, 4.69) is 77.3 Å². The van der Waals surface area contributed by atoms with Crippen LogP contribution >= 0.6 is 31.9 Å². The lowest BCUT2D eigenvalue weighted by Gasteiger charge is -2.20. The lowest BCUT2D eigenvalue weighted by Crippen LogP contribution is -2.43. The van der Waals surface area contributed by atoms with Gasteiger partial charge in [-0.15, -0.1) is 0 Å². The molecule has 2 aromatic rings. The molecule has 32 heavy (non-hydrogen) atoms. The first-order valence-corrected chi connectivity index (χ1v) is 12.0. The summed E-state index contributed by atoms with van der Waals surface area (Å²) in [6.45, 7) is 11.0. The molecule has 8 heteroatoms. The predicted octanol–water partition coefficient (Wildman–Crippen LogP) is 5.77. The first kappa shape index (κ1) is 26.2. The highest BCUT2D eigenvalue weighted by atomic mass is 79.9. The van der Waals surface area contributed by atoms with Crippen molar-refractivity contribution in [1.29, 1.82) is 0 Å². The summed E-state index contributed by atoms with van der Waals surface area (Å²) in [7, 11) is 0. The van der Waals surface area contributed by atoms with Crippen molar-refractivity contribution in [3.05, 3.63) is 56.5 Å². The molecule has 174 valence electrons. The molecular weight excluding hydrogens is 540 g/mol. The molecule has 0 bridgehead atoms. The number of nitrogens with one attached hydrogen (secondary N) is 2. The van der Waals surface area contributed by atoms with Crippen LogP contribution in [0, 0.1) is 5.92 Å². The van der Waals surface area contributed by atoms with Gasteiger partial charge in [-0.2, -0.15) is 0 Å². The Morgan fingerprint density at radius 3 is 2.16 bits per heavy atom. The minimum atomic E-state index is -0.474. The standard InChI is InChI=1S/C24H30Br2N2O4/c1-15(2)10-11-31-20-8-6-16(12-18(20)25)23(30)28-27-22(29)14-32-21-9-7-17(13-19(21)26)24(3,4)5/h6-9,12-13,15H,10-11,14H2,1-5H3,(H,27,29)(H,28,30). The van der Waals surface area contributed by atoms with Gasteiger partial charge in [0.25, 0.3) is 11.8 Å². The number of rotatable bonds is 8. The van der Waals surface area contributed by atoms with Crippen LogP contribution in [0.1, 0.15) is 57.0 Å². The Kier molecular flexibility index (Phi) is 9.58. The Hall–Kier alpha value is -2.06. The molecule has 0 saturated heterocycles. The van der Waals surface area contributed by atoms with Gasteiger partial charge in [-0.1, -0.05) is 40.7 Å². The second-order valence-corrected chi connectivity index (χ2v) is 10.6. The summed E-state index contributed by atoms with van der Waals surface area (Å²) in [5.74, 6) is 0.857. The maximum Gasteiger partial charge on any atom is 0.276 e. The first-order valence-electron chi connectivity index (χ1n) is 10.4. The number of hydrogen-bond donors (Lipinski definition) is 2. The lowest BCUT2D eigenvalue weighted by molar-refractivity contribution is -0.123. The number of carbonyl (C=O) groups excluding carboxylic acids is 2. The molecule has 0 fully saturated rings. The third-order valence-corrected chi connectivity index (χ3v) is 5.86. The van der Waals surface area contributed by atoms with Gasteiger partial charge in [0.1, 0.15) is 11.5 Å². The van der Waals surface area contributed by atoms with Crippen molar-refractivity contribution < 1.29 is 19.1 Å². The molecule has 0 unspecified atom stereocenters. The molecule has 0 aromatic heterocycles. The quantitative estimate of drug-likeness (QED) is 0.395. The van der Waals surface area contributed by atoms with Gasteiger partial charge in [-0.25, -0.2) is 0 Å². The highest BCUT2D eigenvalue weighted by molar-refractivity contribution is 9.10. The maximum atomic E-state index is 12.3. The maximum absolute atomic E-state index is 12.3. The highest BCUT2D eigenvalue weighted by Crippen LogP contribution is 2.31. The van der Waals surface area contributed by atoms with Crippen LogP contribution in [0.5, 0.6) is 11.5 Å². The van der Waals surface area contributed by atoms with Crippen molar-refractivity contribution in [3.63, 3.8) is 0 Å². The van der Waals surface area contributed by atoms with E-state index in [0.717, 1.165) is 16.5 Å². The number of carbonyl (C=O) groups is 2. The van der Waals surface area contributed by atoms with E-state index in [9.17, 15) is 9.59 Å². The summed E-state index contributed by atoms with van der Waals surface area (Å²) in [5, 5.41) is 0. The molecule has 0 aliphatic carbocycles. The zero-order valence-electron chi connectivity index (χ0n) is 19.1. The van der Waals surface area contributed by atoms with Crippen LogP contribution in [0.2, 0.25) is 0 Å². The largest absolute Gasteiger partial charge is 0.492 e. The van der Waals surface area contributed by atoms with E-state index in [0.29, 0.717) is 34.1 Å². The van der Waals surface area contributed by atoms with Crippen LogP contribution in [0.4, 0.5) is 0 Å². The number of hydrazine groups is 1. The van der Waals surface area contributed by atoms with Crippen LogP contribution in [-0.2, 0) is 10.2 Å². The van der Waals surface area contributed by atoms with Crippen LogP contribution in [0.15, 0.2) is 45.3 Å². The average Bonchev–Trinajstić information content (AvgIpc) is 2.71. The van der Waals surface area contributed by atoms with Crippen molar-refractivity contribution in [2.24, 2.45) is 5.92 Å². The molecule has 0 aliphatic heterocycles. The topological polar surface area (TPSA) is 76.7 Å². The Balaban J connectivity index is 1.84. The zero-order chi connectivity index (χ0) is 23.9. The van der Waals surface area contributed by atoms with Gasteiger partial charge in [0.05, 0.1) is 15.6 Å². The minimum Gasteiger partial charge on any atom is -0.492 e. The molecule has 0 aliphatic rings. The highest BCUT2D eigenvalue weighted by Gasteiger charge is 2.16. The summed E-state index contributed by atoms with van der Waals surface area (Å²) in [6, 6.07) is 10.8. The van der Waals surface area contributed by atoms with E-state index in [1.165, 1.54) is 0 Å². The van der Waals surface area contributed by atoms with Gasteiger partial charge in [0.2, 0.25) is 0 Å². The van der Waals surface area contributed by atoms with Crippen molar-refractivity contribution >= 4 is 43.7 Å². The third kappa shape index (κ3) is 8.13. The summed E-state index contributed by atoms with van der Waals surface area (Å²) < 4.78 is 12.7. The zero-order valence-corrected chi connectivity index (χ0v) is 22.2.